The van der Waals surface area contributed by atoms with E-state index >= 15 is 0 Å². The van der Waals surface area contributed by atoms with Crippen molar-refractivity contribution >= 4 is 0 Å². The lowest BCUT2D eigenvalue weighted by Gasteiger charge is -2.30. The Morgan fingerprint density at radius 1 is 1.33 bits per heavy atom. The Hall–Kier alpha value is -0.120. The highest BCUT2D eigenvalue weighted by molar-refractivity contribution is 4.94. The van der Waals surface area contributed by atoms with Gasteiger partial charge in [-0.15, -0.1) is 0 Å². The third-order valence-corrected chi connectivity index (χ3v) is 4.41. The lowest BCUT2D eigenvalue weighted by atomic mass is 9.94. The van der Waals surface area contributed by atoms with Crippen LogP contribution in [-0.4, -0.2) is 35.0 Å². The molecule has 1 saturated carbocycles. The van der Waals surface area contributed by atoms with Gasteiger partial charge in [0, 0.05) is 19.0 Å². The van der Waals surface area contributed by atoms with E-state index in [0.29, 0.717) is 12.6 Å². The first kappa shape index (κ1) is 14.3. The minimum atomic E-state index is -0.654. The van der Waals surface area contributed by atoms with Gasteiger partial charge in [0.15, 0.2) is 0 Å². The van der Waals surface area contributed by atoms with Crippen LogP contribution in [0.15, 0.2) is 0 Å². The summed E-state index contributed by atoms with van der Waals surface area (Å²) in [5.74, 6) is 0. The van der Waals surface area contributed by atoms with Crippen molar-refractivity contribution in [3.8, 4) is 0 Å². The van der Waals surface area contributed by atoms with Crippen LogP contribution in [0.25, 0.3) is 0 Å². The van der Waals surface area contributed by atoms with Gasteiger partial charge in [0.2, 0.25) is 0 Å². The minimum Gasteiger partial charge on any atom is -0.389 e. The molecule has 2 fully saturated rings. The average molecular weight is 255 g/mol. The quantitative estimate of drug-likeness (QED) is 0.793. The van der Waals surface area contributed by atoms with Crippen LogP contribution in [0.1, 0.15) is 65.7 Å². The topological polar surface area (TPSA) is 41.5 Å². The molecular formula is C15H29NO2. The number of hydrogen-bond acceptors (Lipinski definition) is 3. The summed E-state index contributed by atoms with van der Waals surface area (Å²) in [5.41, 5.74) is -0.467. The highest BCUT2D eigenvalue weighted by Gasteiger charge is 2.43. The molecule has 0 bridgehead atoms. The van der Waals surface area contributed by atoms with E-state index in [0.717, 1.165) is 12.8 Å². The molecule has 1 saturated heterocycles. The molecule has 3 nitrogen and oxygen atoms in total. The maximum absolute atomic E-state index is 10.4. The average Bonchev–Trinajstić information content (AvgIpc) is 2.87. The van der Waals surface area contributed by atoms with E-state index in [1.54, 1.807) is 0 Å². The van der Waals surface area contributed by atoms with Crippen LogP contribution < -0.4 is 5.32 Å². The lowest BCUT2D eigenvalue weighted by molar-refractivity contribution is -0.0708. The van der Waals surface area contributed by atoms with Crippen LogP contribution >= 0.6 is 0 Å². The maximum Gasteiger partial charge on any atom is 0.0768 e. The van der Waals surface area contributed by atoms with E-state index in [1.807, 2.05) is 6.92 Å². The van der Waals surface area contributed by atoms with Crippen LogP contribution in [0, 0.1) is 0 Å². The van der Waals surface area contributed by atoms with Gasteiger partial charge in [-0.3, -0.25) is 0 Å². The van der Waals surface area contributed by atoms with Gasteiger partial charge in [-0.05, 0) is 32.6 Å². The zero-order chi connectivity index (χ0) is 13.2. The predicted molar refractivity (Wildman–Crippen MR) is 73.7 cm³/mol. The highest BCUT2D eigenvalue weighted by atomic mass is 16.5. The molecule has 2 N–H and O–H groups in total. The molecule has 1 aliphatic heterocycles. The van der Waals surface area contributed by atoms with E-state index in [2.05, 4.69) is 19.2 Å². The monoisotopic (exact) mass is 255 g/mol. The summed E-state index contributed by atoms with van der Waals surface area (Å²) in [6.07, 6.45) is 8.44. The number of ether oxygens (including phenoxy) is 1. The first-order valence-corrected chi connectivity index (χ1v) is 7.54. The fraction of sp³-hybridized carbons (Fsp3) is 1.00. The molecule has 0 radical (unpaired) electrons. The Bertz CT molecular complexity index is 270. The molecule has 2 atom stereocenters. The van der Waals surface area contributed by atoms with E-state index in [4.69, 9.17) is 4.74 Å². The van der Waals surface area contributed by atoms with Crippen LogP contribution in [0.2, 0.25) is 0 Å². The lowest BCUT2D eigenvalue weighted by Crippen LogP contribution is -2.43. The van der Waals surface area contributed by atoms with Crippen molar-refractivity contribution in [2.75, 3.05) is 6.54 Å². The van der Waals surface area contributed by atoms with Gasteiger partial charge < -0.3 is 15.2 Å². The maximum atomic E-state index is 10.4. The number of nitrogens with one attached hydrogen (secondary N) is 1. The van der Waals surface area contributed by atoms with Gasteiger partial charge in [0.1, 0.15) is 0 Å². The fourth-order valence-corrected chi connectivity index (χ4v) is 3.41. The summed E-state index contributed by atoms with van der Waals surface area (Å²) in [6.45, 7) is 6.79. The Labute approximate surface area is 111 Å². The van der Waals surface area contributed by atoms with Crippen molar-refractivity contribution in [1.82, 2.24) is 5.32 Å². The van der Waals surface area contributed by atoms with Crippen LogP contribution in [0.4, 0.5) is 0 Å². The molecule has 0 amide bonds. The number of rotatable bonds is 5. The molecular weight excluding hydrogens is 226 g/mol. The van der Waals surface area contributed by atoms with Gasteiger partial charge in [-0.25, -0.2) is 0 Å². The van der Waals surface area contributed by atoms with Crippen molar-refractivity contribution in [3.05, 3.63) is 0 Å². The third kappa shape index (κ3) is 3.69. The highest BCUT2D eigenvalue weighted by Crippen LogP contribution is 2.44. The summed E-state index contributed by atoms with van der Waals surface area (Å²) < 4.78 is 6.26. The molecule has 18 heavy (non-hydrogen) atoms. The molecule has 2 aliphatic rings. The Morgan fingerprint density at radius 2 is 2.00 bits per heavy atom. The standard InChI is InChI=1S/C15H29NO2/c1-12(2)16-11-14(3,17)10-13-6-9-15(18-13)7-4-5-8-15/h12-13,16-17H,4-11H2,1-3H3. The number of aliphatic hydroxyl groups is 1. The molecule has 1 heterocycles. The SMILES string of the molecule is CC(C)NCC(C)(O)CC1CCC2(CCCC2)O1. The van der Waals surface area contributed by atoms with Gasteiger partial charge >= 0.3 is 0 Å². The molecule has 0 aromatic carbocycles. The molecule has 3 heteroatoms. The second-order valence-corrected chi connectivity index (χ2v) is 6.91. The summed E-state index contributed by atoms with van der Waals surface area (Å²) >= 11 is 0. The third-order valence-electron chi connectivity index (χ3n) is 4.41. The van der Waals surface area contributed by atoms with Crippen molar-refractivity contribution in [1.29, 1.82) is 0 Å². The first-order chi connectivity index (χ1) is 8.41. The Morgan fingerprint density at radius 3 is 2.61 bits per heavy atom. The largest absolute Gasteiger partial charge is 0.389 e. The smallest absolute Gasteiger partial charge is 0.0768 e. The van der Waals surface area contributed by atoms with Crippen LogP contribution in [0.5, 0.6) is 0 Å². The fourth-order valence-electron chi connectivity index (χ4n) is 3.41. The molecule has 106 valence electrons. The van der Waals surface area contributed by atoms with Crippen molar-refractivity contribution in [3.63, 3.8) is 0 Å². The second kappa shape index (κ2) is 5.48. The zero-order valence-corrected chi connectivity index (χ0v) is 12.2. The normalized spacial score (nSPS) is 30.2. The predicted octanol–water partition coefficient (Wildman–Crippen LogP) is 2.62. The van der Waals surface area contributed by atoms with E-state index < -0.39 is 5.60 Å². The summed E-state index contributed by atoms with van der Waals surface area (Å²) in [5, 5.41) is 13.7. The first-order valence-electron chi connectivity index (χ1n) is 7.54. The molecule has 2 rings (SSSR count). The van der Waals surface area contributed by atoms with E-state index in [9.17, 15) is 5.11 Å². The van der Waals surface area contributed by atoms with Crippen LogP contribution in [-0.2, 0) is 4.74 Å². The van der Waals surface area contributed by atoms with Crippen molar-refractivity contribution < 1.29 is 9.84 Å². The molecule has 0 aromatic heterocycles. The van der Waals surface area contributed by atoms with E-state index in [-0.39, 0.29) is 11.7 Å². The molecule has 0 aromatic rings. The van der Waals surface area contributed by atoms with Crippen molar-refractivity contribution in [2.24, 2.45) is 0 Å². The Kier molecular flexibility index (Phi) is 4.35. The van der Waals surface area contributed by atoms with Gasteiger partial charge in [-0.1, -0.05) is 26.7 Å². The van der Waals surface area contributed by atoms with Crippen molar-refractivity contribution in [2.45, 2.75) is 89.1 Å². The van der Waals surface area contributed by atoms with Crippen LogP contribution in [0.3, 0.4) is 0 Å². The second-order valence-electron chi connectivity index (χ2n) is 6.91. The van der Waals surface area contributed by atoms with E-state index in [1.165, 1.54) is 32.1 Å². The van der Waals surface area contributed by atoms with Gasteiger partial charge in [0.25, 0.3) is 0 Å². The van der Waals surface area contributed by atoms with Gasteiger partial charge in [0.05, 0.1) is 17.3 Å². The number of hydrogen-bond donors (Lipinski definition) is 2. The summed E-state index contributed by atoms with van der Waals surface area (Å²) in [7, 11) is 0. The van der Waals surface area contributed by atoms with Gasteiger partial charge in [-0.2, -0.15) is 0 Å². The molecule has 2 unspecified atom stereocenters. The molecule has 1 aliphatic carbocycles. The minimum absolute atomic E-state index is 0.187. The summed E-state index contributed by atoms with van der Waals surface area (Å²) in [4.78, 5) is 0. The Balaban J connectivity index is 1.79. The zero-order valence-electron chi connectivity index (χ0n) is 12.2. The molecule has 1 spiro atoms. The summed E-state index contributed by atoms with van der Waals surface area (Å²) in [6, 6.07) is 0.419.